The molecule has 6 heteroatoms. The highest BCUT2D eigenvalue weighted by Gasteiger charge is 2.49. The fraction of sp³-hybridized carbons (Fsp3) is 0.588. The van der Waals surface area contributed by atoms with Crippen LogP contribution in [0.3, 0.4) is 0 Å². The van der Waals surface area contributed by atoms with Gasteiger partial charge < -0.3 is 18.9 Å². The van der Waals surface area contributed by atoms with Crippen molar-refractivity contribution in [3.05, 3.63) is 21.7 Å². The Bertz CT molecular complexity index is 624. The summed E-state index contributed by atoms with van der Waals surface area (Å²) in [7, 11) is 1.37. The largest absolute Gasteiger partial charge is 0.465 e. The third-order valence-electron chi connectivity index (χ3n) is 4.73. The van der Waals surface area contributed by atoms with E-state index >= 15 is 0 Å². The number of fused-ring (bicyclic) bond motifs is 1. The second-order valence-corrected chi connectivity index (χ2v) is 6.79. The zero-order valence-corrected chi connectivity index (χ0v) is 15.2. The number of esters is 1. The standard InChI is InChI=1S/C17H21BrO5/c1-4-17(11-5-7-21-8-6-11)22-14-10(2)12(16(19)20-3)9-13(18)15(14)23-17/h9,11H,4-8H2,1-3H3. The van der Waals surface area contributed by atoms with Gasteiger partial charge in [0.05, 0.1) is 17.1 Å². The van der Waals surface area contributed by atoms with E-state index in [4.69, 9.17) is 18.9 Å². The minimum atomic E-state index is -0.686. The molecule has 0 saturated carbocycles. The van der Waals surface area contributed by atoms with Crippen LogP contribution in [0.4, 0.5) is 0 Å². The number of methoxy groups -OCH3 is 1. The molecule has 1 unspecified atom stereocenters. The number of carbonyl (C=O) groups excluding carboxylic acids is 1. The van der Waals surface area contributed by atoms with Crippen molar-refractivity contribution in [3.8, 4) is 11.5 Å². The molecule has 2 aliphatic heterocycles. The fourth-order valence-electron chi connectivity index (χ4n) is 3.35. The smallest absolute Gasteiger partial charge is 0.338 e. The highest BCUT2D eigenvalue weighted by Crippen LogP contribution is 2.52. The molecule has 5 nitrogen and oxygen atoms in total. The Morgan fingerprint density at radius 3 is 2.61 bits per heavy atom. The molecule has 1 fully saturated rings. The highest BCUT2D eigenvalue weighted by molar-refractivity contribution is 9.10. The molecule has 1 saturated heterocycles. The Morgan fingerprint density at radius 1 is 1.35 bits per heavy atom. The third kappa shape index (κ3) is 2.72. The van der Waals surface area contributed by atoms with Gasteiger partial charge in [-0.05, 0) is 41.8 Å². The van der Waals surface area contributed by atoms with Gasteiger partial charge >= 0.3 is 5.97 Å². The maximum absolute atomic E-state index is 12.0. The van der Waals surface area contributed by atoms with Gasteiger partial charge in [0, 0.05) is 31.1 Å². The SMILES string of the molecule is CCC1(C2CCOCC2)Oc2c(Br)cc(C(=O)OC)c(C)c2O1. The van der Waals surface area contributed by atoms with E-state index in [9.17, 15) is 4.79 Å². The summed E-state index contributed by atoms with van der Waals surface area (Å²) < 4.78 is 23.6. The summed E-state index contributed by atoms with van der Waals surface area (Å²) in [6, 6.07) is 1.74. The second-order valence-electron chi connectivity index (χ2n) is 5.94. The number of ether oxygens (including phenoxy) is 4. The number of benzene rings is 1. The first kappa shape index (κ1) is 16.6. The maximum atomic E-state index is 12.0. The molecule has 0 aromatic heterocycles. The van der Waals surface area contributed by atoms with Crippen LogP contribution in [0.25, 0.3) is 0 Å². The topological polar surface area (TPSA) is 54.0 Å². The van der Waals surface area contributed by atoms with Gasteiger partial charge in [0.1, 0.15) is 0 Å². The molecule has 3 rings (SSSR count). The highest BCUT2D eigenvalue weighted by atomic mass is 79.9. The summed E-state index contributed by atoms with van der Waals surface area (Å²) >= 11 is 3.50. The van der Waals surface area contributed by atoms with E-state index in [1.165, 1.54) is 7.11 Å². The van der Waals surface area contributed by atoms with Gasteiger partial charge in [-0.15, -0.1) is 0 Å². The average molecular weight is 385 g/mol. The minimum Gasteiger partial charge on any atom is -0.465 e. The van der Waals surface area contributed by atoms with Crippen molar-refractivity contribution in [1.82, 2.24) is 0 Å². The second kappa shape index (κ2) is 6.32. The lowest BCUT2D eigenvalue weighted by Gasteiger charge is -2.36. The van der Waals surface area contributed by atoms with Crippen molar-refractivity contribution in [1.29, 1.82) is 0 Å². The Balaban J connectivity index is 2.00. The summed E-state index contributed by atoms with van der Waals surface area (Å²) in [5, 5.41) is 0. The lowest BCUT2D eigenvalue weighted by molar-refractivity contribution is -0.152. The Morgan fingerprint density at radius 2 is 2.00 bits per heavy atom. The average Bonchev–Trinajstić information content (AvgIpc) is 3.00. The van der Waals surface area contributed by atoms with Crippen molar-refractivity contribution in [2.24, 2.45) is 5.92 Å². The fourth-order valence-corrected chi connectivity index (χ4v) is 3.83. The van der Waals surface area contributed by atoms with E-state index in [2.05, 4.69) is 22.9 Å². The lowest BCUT2D eigenvalue weighted by atomic mass is 9.89. The molecule has 0 spiro atoms. The van der Waals surface area contributed by atoms with E-state index in [-0.39, 0.29) is 11.9 Å². The van der Waals surface area contributed by atoms with Crippen molar-refractivity contribution in [2.45, 2.75) is 38.9 Å². The molecule has 1 atom stereocenters. The predicted octanol–water partition coefficient (Wildman–Crippen LogP) is 3.85. The predicted molar refractivity (Wildman–Crippen MR) is 88.0 cm³/mol. The molecule has 23 heavy (non-hydrogen) atoms. The summed E-state index contributed by atoms with van der Waals surface area (Å²) in [5.41, 5.74) is 1.23. The molecule has 126 valence electrons. The molecule has 0 amide bonds. The van der Waals surface area contributed by atoms with Gasteiger partial charge in [-0.3, -0.25) is 0 Å². The Labute approximate surface area is 144 Å². The summed E-state index contributed by atoms with van der Waals surface area (Å²) in [6.07, 6.45) is 2.54. The van der Waals surface area contributed by atoms with E-state index < -0.39 is 5.79 Å². The van der Waals surface area contributed by atoms with E-state index in [0.29, 0.717) is 21.5 Å². The molecular formula is C17H21BrO5. The van der Waals surface area contributed by atoms with Crippen LogP contribution in [-0.4, -0.2) is 32.1 Å². The van der Waals surface area contributed by atoms with E-state index in [1.807, 2.05) is 6.92 Å². The first-order chi connectivity index (χ1) is 11.0. The lowest BCUT2D eigenvalue weighted by Crippen LogP contribution is -2.47. The first-order valence-electron chi connectivity index (χ1n) is 7.89. The number of carbonyl (C=O) groups is 1. The molecule has 1 aromatic rings. The van der Waals surface area contributed by atoms with Crippen LogP contribution in [-0.2, 0) is 9.47 Å². The van der Waals surface area contributed by atoms with E-state index in [0.717, 1.165) is 38.0 Å². The normalized spacial score (nSPS) is 23.8. The maximum Gasteiger partial charge on any atom is 0.338 e. The zero-order valence-electron chi connectivity index (χ0n) is 13.6. The summed E-state index contributed by atoms with van der Waals surface area (Å²) in [6.45, 7) is 5.37. The molecule has 0 radical (unpaired) electrons. The number of halogens is 1. The Hall–Kier alpha value is -1.27. The number of rotatable bonds is 3. The molecule has 0 N–H and O–H groups in total. The number of hydrogen-bond acceptors (Lipinski definition) is 5. The van der Waals surface area contributed by atoms with Gasteiger partial charge in [0.25, 0.3) is 5.79 Å². The van der Waals surface area contributed by atoms with Crippen LogP contribution >= 0.6 is 15.9 Å². The van der Waals surface area contributed by atoms with Crippen LogP contribution in [0.2, 0.25) is 0 Å². The van der Waals surface area contributed by atoms with Crippen molar-refractivity contribution >= 4 is 21.9 Å². The zero-order chi connectivity index (χ0) is 16.6. The molecule has 2 aliphatic rings. The van der Waals surface area contributed by atoms with Gasteiger partial charge in [0.15, 0.2) is 11.5 Å². The van der Waals surface area contributed by atoms with Crippen LogP contribution in [0, 0.1) is 12.8 Å². The molecule has 2 heterocycles. The quantitative estimate of drug-likeness (QED) is 0.740. The Kier molecular flexibility index (Phi) is 4.56. The van der Waals surface area contributed by atoms with Gasteiger partial charge in [-0.25, -0.2) is 4.79 Å². The first-order valence-corrected chi connectivity index (χ1v) is 8.69. The van der Waals surface area contributed by atoms with Crippen LogP contribution in [0.15, 0.2) is 10.5 Å². The molecule has 1 aromatic carbocycles. The molecular weight excluding hydrogens is 364 g/mol. The van der Waals surface area contributed by atoms with Crippen LogP contribution < -0.4 is 9.47 Å². The van der Waals surface area contributed by atoms with Gasteiger partial charge in [-0.2, -0.15) is 0 Å². The van der Waals surface area contributed by atoms with E-state index in [1.54, 1.807) is 6.07 Å². The minimum absolute atomic E-state index is 0.265. The van der Waals surface area contributed by atoms with Gasteiger partial charge in [-0.1, -0.05) is 6.92 Å². The molecule has 0 aliphatic carbocycles. The van der Waals surface area contributed by atoms with Crippen LogP contribution in [0.1, 0.15) is 42.1 Å². The van der Waals surface area contributed by atoms with Gasteiger partial charge in [0.2, 0.25) is 0 Å². The monoisotopic (exact) mass is 384 g/mol. The summed E-state index contributed by atoms with van der Waals surface area (Å²) in [4.78, 5) is 12.0. The summed E-state index contributed by atoms with van der Waals surface area (Å²) in [5.74, 6) is 0.501. The van der Waals surface area contributed by atoms with Crippen molar-refractivity contribution in [3.63, 3.8) is 0 Å². The van der Waals surface area contributed by atoms with Crippen molar-refractivity contribution < 1.29 is 23.7 Å². The van der Waals surface area contributed by atoms with Crippen LogP contribution in [0.5, 0.6) is 11.5 Å². The molecule has 0 bridgehead atoms. The van der Waals surface area contributed by atoms with Crippen molar-refractivity contribution in [2.75, 3.05) is 20.3 Å². The number of hydrogen-bond donors (Lipinski definition) is 0. The third-order valence-corrected chi connectivity index (χ3v) is 5.32.